The number of aromatic amines is 1. The van der Waals surface area contributed by atoms with Crippen LogP contribution in [-0.2, 0) is 6.42 Å². The van der Waals surface area contributed by atoms with Crippen molar-refractivity contribution in [3.05, 3.63) is 51.8 Å². The van der Waals surface area contributed by atoms with Gasteiger partial charge in [0.25, 0.3) is 11.8 Å². The third-order valence-electron chi connectivity index (χ3n) is 4.86. The van der Waals surface area contributed by atoms with Gasteiger partial charge in [-0.15, -0.1) is 0 Å². The van der Waals surface area contributed by atoms with E-state index in [0.29, 0.717) is 35.2 Å². The lowest BCUT2D eigenvalue weighted by Gasteiger charge is -2.12. The second kappa shape index (κ2) is 7.73. The van der Waals surface area contributed by atoms with Gasteiger partial charge in [-0.2, -0.15) is 13.2 Å². The van der Waals surface area contributed by atoms with Crippen LogP contribution in [0.3, 0.4) is 0 Å². The molecule has 0 atom stereocenters. The number of carbonyl (C=O) groups is 3. The number of Topliss-reactive ketones (excluding diaryl/α,β-unsaturated/α-hetero) is 1. The molecule has 2 aromatic rings. The number of anilines is 1. The monoisotopic (exact) mass is 407 g/mol. The van der Waals surface area contributed by atoms with Crippen LogP contribution in [0.25, 0.3) is 0 Å². The first kappa shape index (κ1) is 20.6. The van der Waals surface area contributed by atoms with E-state index in [-0.39, 0.29) is 17.0 Å². The third-order valence-corrected chi connectivity index (χ3v) is 4.86. The normalized spacial score (nSPS) is 13.8. The zero-order valence-corrected chi connectivity index (χ0v) is 15.9. The number of nitrogens with one attached hydrogen (secondary N) is 3. The molecule has 1 aliphatic rings. The van der Waals surface area contributed by atoms with Gasteiger partial charge < -0.3 is 15.6 Å². The molecule has 6 nitrogen and oxygen atoms in total. The number of alkyl halides is 3. The number of aromatic nitrogens is 1. The van der Waals surface area contributed by atoms with E-state index < -0.39 is 24.5 Å². The van der Waals surface area contributed by atoms with Crippen molar-refractivity contribution in [2.45, 2.75) is 39.3 Å². The largest absolute Gasteiger partial charge is 0.405 e. The van der Waals surface area contributed by atoms with Gasteiger partial charge in [0, 0.05) is 28.9 Å². The SMILES string of the molecule is Cc1ccc(C(=O)NCC(F)(F)F)cc1NC(=O)c1[nH]c2c(c1C)C(=O)CCC2. The number of rotatable bonds is 4. The Morgan fingerprint density at radius 3 is 2.52 bits per heavy atom. The number of amides is 2. The second-order valence-corrected chi connectivity index (χ2v) is 7.04. The number of fused-ring (bicyclic) bond motifs is 1. The van der Waals surface area contributed by atoms with E-state index in [1.54, 1.807) is 19.2 Å². The van der Waals surface area contributed by atoms with Gasteiger partial charge in [-0.05, 0) is 49.9 Å². The summed E-state index contributed by atoms with van der Waals surface area (Å²) in [7, 11) is 0. The molecule has 1 aliphatic carbocycles. The Bertz CT molecular complexity index is 993. The highest BCUT2D eigenvalue weighted by molar-refractivity contribution is 6.09. The van der Waals surface area contributed by atoms with E-state index in [1.165, 1.54) is 18.2 Å². The Hall–Kier alpha value is -3.10. The summed E-state index contributed by atoms with van der Waals surface area (Å²) in [6.07, 6.45) is -2.66. The fraction of sp³-hybridized carbons (Fsp3) is 0.350. The van der Waals surface area contributed by atoms with Crippen molar-refractivity contribution in [1.29, 1.82) is 0 Å². The molecule has 0 fully saturated rings. The fourth-order valence-corrected chi connectivity index (χ4v) is 3.37. The maximum Gasteiger partial charge on any atom is 0.405 e. The van der Waals surface area contributed by atoms with E-state index in [4.69, 9.17) is 0 Å². The summed E-state index contributed by atoms with van der Waals surface area (Å²) >= 11 is 0. The highest BCUT2D eigenvalue weighted by Crippen LogP contribution is 2.27. The number of aryl methyl sites for hydroxylation is 2. The molecule has 9 heteroatoms. The van der Waals surface area contributed by atoms with Crippen LogP contribution in [-0.4, -0.2) is 35.3 Å². The number of carbonyl (C=O) groups excluding carboxylic acids is 3. The van der Waals surface area contributed by atoms with Crippen LogP contribution >= 0.6 is 0 Å². The Balaban J connectivity index is 1.81. The summed E-state index contributed by atoms with van der Waals surface area (Å²) in [6.45, 7) is 1.95. The molecule has 0 saturated heterocycles. The van der Waals surface area contributed by atoms with Crippen molar-refractivity contribution in [3.63, 3.8) is 0 Å². The molecule has 154 valence electrons. The quantitative estimate of drug-likeness (QED) is 0.722. The summed E-state index contributed by atoms with van der Waals surface area (Å²) < 4.78 is 36.9. The van der Waals surface area contributed by atoms with Gasteiger partial charge in [0.1, 0.15) is 12.2 Å². The van der Waals surface area contributed by atoms with E-state index in [9.17, 15) is 27.6 Å². The van der Waals surface area contributed by atoms with Crippen LogP contribution in [0.1, 0.15) is 60.9 Å². The van der Waals surface area contributed by atoms with Crippen LogP contribution in [0, 0.1) is 13.8 Å². The summed E-state index contributed by atoms with van der Waals surface area (Å²) in [5, 5.41) is 4.47. The van der Waals surface area contributed by atoms with E-state index in [0.717, 1.165) is 12.1 Å². The van der Waals surface area contributed by atoms with Crippen molar-refractivity contribution in [2.24, 2.45) is 0 Å². The topological polar surface area (TPSA) is 91.1 Å². The molecule has 29 heavy (non-hydrogen) atoms. The molecule has 3 N–H and O–H groups in total. The van der Waals surface area contributed by atoms with Gasteiger partial charge in [0.2, 0.25) is 0 Å². The van der Waals surface area contributed by atoms with Crippen molar-refractivity contribution in [3.8, 4) is 0 Å². The Morgan fingerprint density at radius 2 is 1.86 bits per heavy atom. The Labute approximate surface area is 164 Å². The summed E-state index contributed by atoms with van der Waals surface area (Å²) in [5.74, 6) is -1.38. The molecule has 1 aromatic heterocycles. The van der Waals surface area contributed by atoms with Gasteiger partial charge >= 0.3 is 6.18 Å². The van der Waals surface area contributed by atoms with Crippen molar-refractivity contribution in [2.75, 3.05) is 11.9 Å². The number of ketones is 1. The zero-order valence-electron chi connectivity index (χ0n) is 15.9. The Kier molecular flexibility index (Phi) is 5.50. The van der Waals surface area contributed by atoms with Gasteiger partial charge in [0.15, 0.2) is 5.78 Å². The van der Waals surface area contributed by atoms with Crippen molar-refractivity contribution >= 4 is 23.3 Å². The number of halogens is 3. The standard InChI is InChI=1S/C20H20F3N3O3/c1-10-6-7-12(18(28)24-9-20(21,22)23)8-14(10)26-19(29)17-11(2)16-13(25-17)4-3-5-15(16)27/h6-8,25H,3-5,9H2,1-2H3,(H,24,28)(H,26,29). The summed E-state index contributed by atoms with van der Waals surface area (Å²) in [5.41, 5.74) is 3.05. The first-order valence-electron chi connectivity index (χ1n) is 9.08. The molecule has 1 heterocycles. The molecular weight excluding hydrogens is 387 g/mol. The molecule has 2 amide bonds. The second-order valence-electron chi connectivity index (χ2n) is 7.04. The molecule has 0 spiro atoms. The Morgan fingerprint density at radius 1 is 1.14 bits per heavy atom. The highest BCUT2D eigenvalue weighted by Gasteiger charge is 2.28. The van der Waals surface area contributed by atoms with E-state index >= 15 is 0 Å². The van der Waals surface area contributed by atoms with Gasteiger partial charge in [0.05, 0.1) is 0 Å². The number of hydrogen-bond donors (Lipinski definition) is 3. The number of hydrogen-bond acceptors (Lipinski definition) is 3. The summed E-state index contributed by atoms with van der Waals surface area (Å²) in [4.78, 5) is 39.9. The van der Waals surface area contributed by atoms with E-state index in [1.807, 2.05) is 0 Å². The minimum Gasteiger partial charge on any atom is -0.354 e. The lowest BCUT2D eigenvalue weighted by molar-refractivity contribution is -0.123. The molecular formula is C20H20F3N3O3. The number of benzene rings is 1. The van der Waals surface area contributed by atoms with Crippen LogP contribution in [0.5, 0.6) is 0 Å². The molecule has 0 unspecified atom stereocenters. The smallest absolute Gasteiger partial charge is 0.354 e. The minimum absolute atomic E-state index is 0.00133. The minimum atomic E-state index is -4.51. The zero-order chi connectivity index (χ0) is 21.3. The molecule has 0 bridgehead atoms. The van der Waals surface area contributed by atoms with Crippen LogP contribution in [0.15, 0.2) is 18.2 Å². The summed E-state index contributed by atoms with van der Waals surface area (Å²) in [6, 6.07) is 4.24. The highest BCUT2D eigenvalue weighted by atomic mass is 19.4. The predicted octanol–water partition coefficient (Wildman–Crippen LogP) is 3.69. The van der Waals surface area contributed by atoms with Gasteiger partial charge in [-0.3, -0.25) is 14.4 Å². The van der Waals surface area contributed by atoms with Crippen molar-refractivity contribution in [1.82, 2.24) is 10.3 Å². The lowest BCUT2D eigenvalue weighted by Crippen LogP contribution is -2.33. The first-order valence-corrected chi connectivity index (χ1v) is 9.08. The van der Waals surface area contributed by atoms with Crippen LogP contribution in [0.2, 0.25) is 0 Å². The molecule has 0 saturated carbocycles. The maximum atomic E-state index is 12.7. The fourth-order valence-electron chi connectivity index (χ4n) is 3.37. The third kappa shape index (κ3) is 4.49. The van der Waals surface area contributed by atoms with Crippen molar-refractivity contribution < 1.29 is 27.6 Å². The van der Waals surface area contributed by atoms with Gasteiger partial charge in [-0.25, -0.2) is 0 Å². The maximum absolute atomic E-state index is 12.7. The number of H-pyrrole nitrogens is 1. The predicted molar refractivity (Wildman–Crippen MR) is 100 cm³/mol. The van der Waals surface area contributed by atoms with Crippen LogP contribution in [0.4, 0.5) is 18.9 Å². The first-order chi connectivity index (χ1) is 13.6. The average Bonchev–Trinajstić information content (AvgIpc) is 2.99. The average molecular weight is 407 g/mol. The molecule has 0 aliphatic heterocycles. The molecule has 3 rings (SSSR count). The van der Waals surface area contributed by atoms with E-state index in [2.05, 4.69) is 10.3 Å². The van der Waals surface area contributed by atoms with Crippen LogP contribution < -0.4 is 10.6 Å². The molecule has 1 aromatic carbocycles. The van der Waals surface area contributed by atoms with Gasteiger partial charge in [-0.1, -0.05) is 6.07 Å². The molecule has 0 radical (unpaired) electrons. The lowest BCUT2D eigenvalue weighted by atomic mass is 9.94.